The van der Waals surface area contributed by atoms with Crippen LogP contribution in [0.25, 0.3) is 0 Å². The number of aromatic nitrogens is 3. The Balaban J connectivity index is 0.00000261. The number of methoxy groups -OCH3 is 1. The fourth-order valence-corrected chi connectivity index (χ4v) is 3.27. The molecule has 0 radical (unpaired) electrons. The Morgan fingerprint density at radius 3 is 3.00 bits per heavy atom. The van der Waals surface area contributed by atoms with Crippen LogP contribution in [-0.2, 0) is 13.1 Å². The van der Waals surface area contributed by atoms with Crippen LogP contribution in [-0.4, -0.2) is 34.4 Å². The third-order valence-corrected chi connectivity index (χ3v) is 4.53. The zero-order chi connectivity index (χ0) is 18.5. The van der Waals surface area contributed by atoms with Gasteiger partial charge in [-0.2, -0.15) is 5.10 Å². The van der Waals surface area contributed by atoms with Gasteiger partial charge in [-0.1, -0.05) is 17.7 Å². The van der Waals surface area contributed by atoms with Crippen molar-refractivity contribution in [1.82, 2.24) is 25.4 Å². The molecular formula is C18H26ClIN6O. The topological polar surface area (TPSA) is 76.4 Å². The van der Waals surface area contributed by atoms with Gasteiger partial charge in [-0.15, -0.1) is 24.0 Å². The van der Waals surface area contributed by atoms with Gasteiger partial charge in [0, 0.05) is 23.7 Å². The van der Waals surface area contributed by atoms with E-state index in [1.54, 1.807) is 13.2 Å². The van der Waals surface area contributed by atoms with Gasteiger partial charge in [0.15, 0.2) is 5.96 Å². The lowest BCUT2D eigenvalue weighted by Crippen LogP contribution is -2.41. The molecule has 0 bridgehead atoms. The van der Waals surface area contributed by atoms with E-state index >= 15 is 0 Å². The third kappa shape index (κ3) is 5.47. The number of guanidine groups is 1. The standard InChI is InChI=1S/C18H25ClN6O.HI/c1-4-20-18(21-11-13-7-8-14(19)10-16(13)26-3)23-15-6-5-9-25-17(15)22-12(2)24-25;/h7-8,10,15H,4-6,9,11H2,1-3H3,(H2,20,21,23);1H. The number of ether oxygens (including phenoxy) is 1. The summed E-state index contributed by atoms with van der Waals surface area (Å²) in [5.74, 6) is 3.28. The second-order valence-corrected chi connectivity index (χ2v) is 6.67. The van der Waals surface area contributed by atoms with Crippen LogP contribution in [0.2, 0.25) is 5.02 Å². The van der Waals surface area contributed by atoms with Gasteiger partial charge in [-0.05, 0) is 38.8 Å². The van der Waals surface area contributed by atoms with Crippen molar-refractivity contribution in [1.29, 1.82) is 0 Å². The fraction of sp³-hybridized carbons (Fsp3) is 0.500. The number of benzene rings is 1. The number of nitrogens with one attached hydrogen (secondary N) is 2. The number of hydrogen-bond acceptors (Lipinski definition) is 4. The smallest absolute Gasteiger partial charge is 0.192 e. The highest BCUT2D eigenvalue weighted by molar-refractivity contribution is 14.0. The number of aryl methyl sites for hydroxylation is 2. The van der Waals surface area contributed by atoms with Crippen molar-refractivity contribution in [2.75, 3.05) is 13.7 Å². The molecule has 1 atom stereocenters. The Kier molecular flexibility index (Phi) is 8.15. The van der Waals surface area contributed by atoms with E-state index in [2.05, 4.69) is 20.7 Å². The van der Waals surface area contributed by atoms with E-state index in [0.717, 1.165) is 54.9 Å². The van der Waals surface area contributed by atoms with Gasteiger partial charge in [0.2, 0.25) is 0 Å². The third-order valence-electron chi connectivity index (χ3n) is 4.29. The molecule has 1 unspecified atom stereocenters. The quantitative estimate of drug-likeness (QED) is 0.371. The molecule has 1 aliphatic heterocycles. The molecule has 7 nitrogen and oxygen atoms in total. The van der Waals surface area contributed by atoms with Crippen LogP contribution in [0, 0.1) is 6.92 Å². The molecular weight excluding hydrogens is 479 g/mol. The SMILES string of the molecule is CCNC(=NCc1ccc(Cl)cc1OC)NC1CCCn2nc(C)nc21.I. The van der Waals surface area contributed by atoms with Crippen LogP contribution >= 0.6 is 35.6 Å². The van der Waals surface area contributed by atoms with Crippen molar-refractivity contribution < 1.29 is 4.74 Å². The number of rotatable bonds is 5. The highest BCUT2D eigenvalue weighted by atomic mass is 127. The first-order chi connectivity index (χ1) is 12.6. The summed E-state index contributed by atoms with van der Waals surface area (Å²) in [4.78, 5) is 9.28. The van der Waals surface area contributed by atoms with E-state index in [1.165, 1.54) is 0 Å². The van der Waals surface area contributed by atoms with E-state index in [4.69, 9.17) is 21.3 Å². The molecule has 9 heteroatoms. The second-order valence-electron chi connectivity index (χ2n) is 6.23. The Morgan fingerprint density at radius 2 is 2.26 bits per heavy atom. The summed E-state index contributed by atoms with van der Waals surface area (Å²) in [7, 11) is 1.64. The van der Waals surface area contributed by atoms with Crippen molar-refractivity contribution in [3.8, 4) is 5.75 Å². The fourth-order valence-electron chi connectivity index (χ4n) is 3.10. The van der Waals surface area contributed by atoms with Crippen LogP contribution in [0.15, 0.2) is 23.2 Å². The minimum Gasteiger partial charge on any atom is -0.496 e. The van der Waals surface area contributed by atoms with Crippen molar-refractivity contribution in [3.63, 3.8) is 0 Å². The molecule has 0 amide bonds. The summed E-state index contributed by atoms with van der Waals surface area (Å²) in [6, 6.07) is 5.70. The highest BCUT2D eigenvalue weighted by Gasteiger charge is 2.24. The lowest BCUT2D eigenvalue weighted by Gasteiger charge is -2.25. The zero-order valence-electron chi connectivity index (χ0n) is 15.8. The maximum absolute atomic E-state index is 6.03. The van der Waals surface area contributed by atoms with E-state index < -0.39 is 0 Å². The molecule has 148 valence electrons. The molecule has 1 aromatic heterocycles. The van der Waals surface area contributed by atoms with Gasteiger partial charge >= 0.3 is 0 Å². The van der Waals surface area contributed by atoms with Crippen LogP contribution < -0.4 is 15.4 Å². The maximum Gasteiger partial charge on any atom is 0.192 e. The summed E-state index contributed by atoms with van der Waals surface area (Å²) >= 11 is 6.03. The molecule has 0 spiro atoms. The summed E-state index contributed by atoms with van der Waals surface area (Å²) < 4.78 is 7.39. The van der Waals surface area contributed by atoms with Crippen LogP contribution in [0.1, 0.15) is 43.0 Å². The van der Waals surface area contributed by atoms with Gasteiger partial charge in [0.05, 0.1) is 19.7 Å². The average Bonchev–Trinajstić information content (AvgIpc) is 3.01. The molecule has 2 heterocycles. The first-order valence-corrected chi connectivity index (χ1v) is 9.27. The molecule has 0 aliphatic carbocycles. The molecule has 1 aliphatic rings. The number of halogens is 2. The summed E-state index contributed by atoms with van der Waals surface area (Å²) in [6.45, 7) is 6.17. The summed E-state index contributed by atoms with van der Waals surface area (Å²) in [5.41, 5.74) is 0.983. The highest BCUT2D eigenvalue weighted by Crippen LogP contribution is 2.25. The lowest BCUT2D eigenvalue weighted by atomic mass is 10.1. The molecule has 0 fully saturated rings. The van der Waals surface area contributed by atoms with Crippen LogP contribution in [0.3, 0.4) is 0 Å². The predicted molar refractivity (Wildman–Crippen MR) is 118 cm³/mol. The molecule has 3 rings (SSSR count). The van der Waals surface area contributed by atoms with E-state index in [0.29, 0.717) is 11.6 Å². The Morgan fingerprint density at radius 1 is 1.44 bits per heavy atom. The van der Waals surface area contributed by atoms with E-state index in [1.807, 2.05) is 30.7 Å². The van der Waals surface area contributed by atoms with Gasteiger partial charge in [0.25, 0.3) is 0 Å². The van der Waals surface area contributed by atoms with Crippen LogP contribution in [0.5, 0.6) is 5.75 Å². The van der Waals surface area contributed by atoms with Gasteiger partial charge < -0.3 is 15.4 Å². The minimum atomic E-state index is 0. The van der Waals surface area contributed by atoms with Gasteiger partial charge in [-0.3, -0.25) is 0 Å². The number of fused-ring (bicyclic) bond motifs is 1. The minimum absolute atomic E-state index is 0. The molecule has 27 heavy (non-hydrogen) atoms. The predicted octanol–water partition coefficient (Wildman–Crippen LogP) is 3.46. The van der Waals surface area contributed by atoms with Crippen molar-refractivity contribution in [3.05, 3.63) is 40.4 Å². The molecule has 2 N–H and O–H groups in total. The van der Waals surface area contributed by atoms with Gasteiger partial charge in [0.1, 0.15) is 17.4 Å². The number of nitrogens with zero attached hydrogens (tertiary/aromatic N) is 4. The maximum atomic E-state index is 6.03. The molecule has 0 saturated heterocycles. The zero-order valence-corrected chi connectivity index (χ0v) is 18.9. The van der Waals surface area contributed by atoms with E-state index in [9.17, 15) is 0 Å². The molecule has 1 aromatic carbocycles. The summed E-state index contributed by atoms with van der Waals surface area (Å²) in [6.07, 6.45) is 2.07. The normalized spacial score (nSPS) is 16.3. The number of aliphatic imine (C=N–C) groups is 1. The molecule has 2 aromatic rings. The van der Waals surface area contributed by atoms with Crippen LogP contribution in [0.4, 0.5) is 0 Å². The Bertz CT molecular complexity index is 794. The number of hydrogen-bond donors (Lipinski definition) is 2. The average molecular weight is 505 g/mol. The lowest BCUT2D eigenvalue weighted by molar-refractivity contribution is 0.397. The van der Waals surface area contributed by atoms with Gasteiger partial charge in [-0.25, -0.2) is 14.7 Å². The summed E-state index contributed by atoms with van der Waals surface area (Å²) in [5, 5.41) is 11.9. The largest absolute Gasteiger partial charge is 0.496 e. The monoisotopic (exact) mass is 504 g/mol. The van der Waals surface area contributed by atoms with Crippen molar-refractivity contribution in [2.45, 2.75) is 45.8 Å². The Hall–Kier alpha value is -1.55. The first kappa shape index (κ1) is 21.7. The van der Waals surface area contributed by atoms with Crippen molar-refractivity contribution in [2.24, 2.45) is 4.99 Å². The Labute approximate surface area is 182 Å². The van der Waals surface area contributed by atoms with Crippen molar-refractivity contribution >= 4 is 41.5 Å². The first-order valence-electron chi connectivity index (χ1n) is 8.89. The molecule has 0 saturated carbocycles. The van der Waals surface area contributed by atoms with E-state index in [-0.39, 0.29) is 30.0 Å². The second kappa shape index (κ2) is 10.1.